The number of allylic oxidation sites excluding steroid dienone is 4. The van der Waals surface area contributed by atoms with Gasteiger partial charge in [0.25, 0.3) is 6.71 Å². The summed E-state index contributed by atoms with van der Waals surface area (Å²) in [6.45, 7) is -0.351. The lowest BCUT2D eigenvalue weighted by Gasteiger charge is -2.30. The summed E-state index contributed by atoms with van der Waals surface area (Å²) in [4.78, 5) is 11.8. The van der Waals surface area contributed by atoms with Gasteiger partial charge in [-0.3, -0.25) is 17.9 Å². The Labute approximate surface area is 473 Å². The zero-order valence-electron chi connectivity index (χ0n) is 44.5. The summed E-state index contributed by atoms with van der Waals surface area (Å²) in [5, 5.41) is 6.57. The molecule has 0 N–H and O–H groups in total. The predicted octanol–water partition coefficient (Wildman–Crippen LogP) is 16.5. The summed E-state index contributed by atoms with van der Waals surface area (Å²) in [6.07, 6.45) is 9.06. The summed E-state index contributed by atoms with van der Waals surface area (Å²) in [5.41, 5.74) is 25.9. The number of aromatic nitrogens is 6. The monoisotopic (exact) mass is 1060 g/mol. The molecule has 9 heteroatoms. The minimum Gasteiger partial charge on any atom is -0.456 e. The van der Waals surface area contributed by atoms with E-state index in [4.69, 9.17) is 18.8 Å². The van der Waals surface area contributed by atoms with Crippen LogP contribution >= 0.6 is 0 Å². The van der Waals surface area contributed by atoms with Gasteiger partial charge in [0.2, 0.25) is 0 Å². The van der Waals surface area contributed by atoms with Crippen molar-refractivity contribution in [2.24, 2.45) is 0 Å². The van der Waals surface area contributed by atoms with Crippen LogP contribution in [-0.4, -0.2) is 34.6 Å². The molecule has 0 radical (unpaired) electrons. The predicted molar refractivity (Wildman–Crippen MR) is 340 cm³/mol. The van der Waals surface area contributed by atoms with E-state index < -0.39 is 0 Å². The van der Waals surface area contributed by atoms with Gasteiger partial charge >= 0.3 is 0 Å². The van der Waals surface area contributed by atoms with Crippen molar-refractivity contribution in [3.8, 4) is 56.4 Å². The highest BCUT2D eigenvalue weighted by molar-refractivity contribution is 7.02. The fourth-order valence-corrected chi connectivity index (χ4v) is 15.0. The highest BCUT2D eigenvalue weighted by Crippen LogP contribution is 2.47. The topological polar surface area (TPSA) is 70.7 Å². The molecule has 20 rings (SSSR count). The second kappa shape index (κ2) is 15.9. The standard InChI is InChI=1S/C74H43BN6O2/c1-4-20-42(21-5-1)45-26-10-12-28-47(45)51-32-18-34-57-68(51)78-59-38-53-49-30-14-16-36-61(49)82-63(53)40-55(59)65-73(78)80(57)71-67-72(77-70(76-71)44-24-8-3-9-25-44)81-58-35-19-33-52(48-29-13-11-27-46(48)43-22-6-2-7-23-43)69(58)79-60-39-54-50-31-15-17-37-62(50)83-64(54)41-56(60)66(74(79)81)75(65)67/h1,3-6,8-41H,2,7H2. The Hall–Kier alpha value is -10.9. The van der Waals surface area contributed by atoms with Crippen LogP contribution in [0.3, 0.4) is 0 Å². The molecule has 7 aromatic heterocycles. The Kier molecular flexibility index (Phi) is 8.43. The van der Waals surface area contributed by atoms with Crippen molar-refractivity contribution in [1.82, 2.24) is 27.9 Å². The molecule has 0 fully saturated rings. The maximum Gasteiger partial charge on any atom is 0.262 e. The van der Waals surface area contributed by atoms with E-state index in [2.05, 4.69) is 255 Å². The van der Waals surface area contributed by atoms with Crippen molar-refractivity contribution in [1.29, 1.82) is 0 Å². The summed E-state index contributed by atoms with van der Waals surface area (Å²) in [6, 6.07) is 79.1. The van der Waals surface area contributed by atoms with Crippen molar-refractivity contribution in [3.05, 3.63) is 242 Å². The molecule has 17 aromatic rings. The lowest BCUT2D eigenvalue weighted by Crippen LogP contribution is -2.59. The smallest absolute Gasteiger partial charge is 0.262 e. The maximum absolute atomic E-state index is 6.89. The fraction of sp³-hybridized carbons (Fsp3) is 0.0270. The average molecular weight is 1060 g/mol. The third-order valence-electron chi connectivity index (χ3n) is 18.4. The average Bonchev–Trinajstić information content (AvgIpc) is 1.64. The molecule has 1 aliphatic carbocycles. The number of para-hydroxylation sites is 4. The largest absolute Gasteiger partial charge is 0.456 e. The molecule has 0 spiro atoms. The zero-order chi connectivity index (χ0) is 53.8. The number of imidazole rings is 2. The van der Waals surface area contributed by atoms with E-state index in [-0.39, 0.29) is 6.71 Å². The molecule has 3 aliphatic rings. The molecule has 0 unspecified atom stereocenters. The van der Waals surface area contributed by atoms with Crippen molar-refractivity contribution in [3.63, 3.8) is 0 Å². The Morgan fingerprint density at radius 1 is 0.361 bits per heavy atom. The normalized spacial score (nSPS) is 13.7. The van der Waals surface area contributed by atoms with E-state index >= 15 is 0 Å². The van der Waals surface area contributed by atoms with Crippen LogP contribution in [0.1, 0.15) is 18.4 Å². The SMILES string of the molecule is C1=CC(c2ccccc2-c2cccc3c2n2c4cc5c(cc4c4c2n3-c2nc(-c3ccccc3)nc3c2B4c2c4cc6oc7ccccc7c6cc4n4c6c(-c7ccccc7-c7ccccc7)cccc6n-3c24)oc2ccccc25)=CCC1. The van der Waals surface area contributed by atoms with Crippen LogP contribution in [0.25, 0.3) is 161 Å². The molecular weight excluding hydrogens is 1020 g/mol. The Morgan fingerprint density at radius 2 is 0.843 bits per heavy atom. The summed E-state index contributed by atoms with van der Waals surface area (Å²) >= 11 is 0. The maximum atomic E-state index is 6.89. The Morgan fingerprint density at radius 3 is 1.40 bits per heavy atom. The molecule has 0 amide bonds. The molecule has 8 nitrogen and oxygen atoms in total. The highest BCUT2D eigenvalue weighted by atomic mass is 16.3. The summed E-state index contributed by atoms with van der Waals surface area (Å²) in [5.74, 6) is 2.38. The first-order valence-corrected chi connectivity index (χ1v) is 28.7. The third kappa shape index (κ3) is 5.65. The van der Waals surface area contributed by atoms with Crippen molar-refractivity contribution in [2.75, 3.05) is 0 Å². The number of furan rings is 2. The van der Waals surface area contributed by atoms with Gasteiger partial charge in [0.1, 0.15) is 45.3 Å². The second-order valence-electron chi connectivity index (χ2n) is 22.6. The van der Waals surface area contributed by atoms with Crippen molar-refractivity contribution in [2.45, 2.75) is 12.8 Å². The van der Waals surface area contributed by atoms with Gasteiger partial charge in [0, 0.05) is 54.5 Å². The molecule has 0 saturated carbocycles. The molecule has 9 heterocycles. The van der Waals surface area contributed by atoms with Gasteiger partial charge in [-0.15, -0.1) is 0 Å². The second-order valence-corrected chi connectivity index (χ2v) is 22.6. The number of benzene rings is 10. The van der Waals surface area contributed by atoms with Gasteiger partial charge in [0.05, 0.1) is 33.1 Å². The number of nitrogens with zero attached hydrogens (tertiary/aromatic N) is 6. The van der Waals surface area contributed by atoms with Gasteiger partial charge in [0.15, 0.2) is 5.82 Å². The first kappa shape index (κ1) is 43.9. The van der Waals surface area contributed by atoms with E-state index in [0.717, 1.165) is 157 Å². The molecule has 384 valence electrons. The Bertz CT molecular complexity index is 5830. The van der Waals surface area contributed by atoms with Crippen LogP contribution in [0.5, 0.6) is 0 Å². The molecular formula is C74H43BN6O2. The van der Waals surface area contributed by atoms with Crippen molar-refractivity contribution < 1.29 is 8.83 Å². The van der Waals surface area contributed by atoms with Crippen LogP contribution in [0.2, 0.25) is 0 Å². The minimum absolute atomic E-state index is 0.351. The molecule has 10 aromatic carbocycles. The van der Waals surface area contributed by atoms with E-state index in [1.807, 2.05) is 0 Å². The minimum atomic E-state index is -0.351. The van der Waals surface area contributed by atoms with Crippen LogP contribution in [0.4, 0.5) is 0 Å². The van der Waals surface area contributed by atoms with E-state index in [0.29, 0.717) is 5.82 Å². The van der Waals surface area contributed by atoms with E-state index in [1.54, 1.807) is 0 Å². The zero-order valence-corrected chi connectivity index (χ0v) is 44.5. The lowest BCUT2D eigenvalue weighted by molar-refractivity contribution is 0.669. The first-order valence-electron chi connectivity index (χ1n) is 28.7. The van der Waals surface area contributed by atoms with Gasteiger partial charge in [-0.2, -0.15) is 0 Å². The highest BCUT2D eigenvalue weighted by Gasteiger charge is 2.47. The molecule has 0 saturated heterocycles. The number of rotatable bonds is 5. The molecule has 0 bridgehead atoms. The molecule has 2 aliphatic heterocycles. The lowest BCUT2D eigenvalue weighted by atomic mass is 9.35. The van der Waals surface area contributed by atoms with Gasteiger partial charge < -0.3 is 8.83 Å². The number of hydrogen-bond donors (Lipinski definition) is 0. The Balaban J connectivity index is 1.01. The summed E-state index contributed by atoms with van der Waals surface area (Å²) < 4.78 is 23.9. The van der Waals surface area contributed by atoms with Gasteiger partial charge in [-0.05, 0) is 106 Å². The quantitative estimate of drug-likeness (QED) is 0.161. The number of fused-ring (bicyclic) bond motifs is 22. The molecule has 83 heavy (non-hydrogen) atoms. The van der Waals surface area contributed by atoms with Crippen LogP contribution in [-0.2, 0) is 0 Å². The molecule has 0 atom stereocenters. The number of hydrogen-bond acceptors (Lipinski definition) is 4. The van der Waals surface area contributed by atoms with E-state index in [1.165, 1.54) is 33.2 Å². The van der Waals surface area contributed by atoms with Crippen molar-refractivity contribution >= 4 is 128 Å². The fourth-order valence-electron chi connectivity index (χ4n) is 15.0. The van der Waals surface area contributed by atoms with Crippen LogP contribution in [0, 0.1) is 0 Å². The van der Waals surface area contributed by atoms with Crippen LogP contribution < -0.4 is 16.4 Å². The summed E-state index contributed by atoms with van der Waals surface area (Å²) in [7, 11) is 0. The third-order valence-corrected chi connectivity index (χ3v) is 18.4. The van der Waals surface area contributed by atoms with Crippen LogP contribution in [0.15, 0.2) is 245 Å². The first-order chi connectivity index (χ1) is 41.2. The van der Waals surface area contributed by atoms with E-state index in [9.17, 15) is 0 Å². The van der Waals surface area contributed by atoms with Gasteiger partial charge in [-0.25, -0.2) is 9.97 Å². The van der Waals surface area contributed by atoms with Gasteiger partial charge in [-0.1, -0.05) is 188 Å².